The van der Waals surface area contributed by atoms with E-state index in [1.165, 1.54) is 0 Å². The molecule has 5 heteroatoms. The summed E-state index contributed by atoms with van der Waals surface area (Å²) in [4.78, 5) is 23.3. The Hall–Kier alpha value is -1.55. The van der Waals surface area contributed by atoms with Crippen LogP contribution in [0.5, 0.6) is 0 Å². The first kappa shape index (κ1) is 13.9. The molecule has 1 aromatic carbocycles. The van der Waals surface area contributed by atoms with Crippen molar-refractivity contribution in [1.29, 1.82) is 0 Å². The van der Waals surface area contributed by atoms with Crippen molar-refractivity contribution in [2.45, 2.75) is 26.2 Å². The van der Waals surface area contributed by atoms with Crippen LogP contribution in [0, 0.1) is 18.8 Å². The molecular weight excluding hydrogens is 266 g/mol. The van der Waals surface area contributed by atoms with E-state index < -0.39 is 17.8 Å². The van der Waals surface area contributed by atoms with Crippen LogP contribution in [-0.4, -0.2) is 17.0 Å². The number of hydrogen-bond acceptors (Lipinski definition) is 2. The molecule has 0 spiro atoms. The number of aliphatic carboxylic acids is 1. The molecule has 0 radical (unpaired) electrons. The molecule has 2 unspecified atom stereocenters. The zero-order valence-corrected chi connectivity index (χ0v) is 11.4. The first-order valence-corrected chi connectivity index (χ1v) is 6.67. The maximum atomic E-state index is 12.2. The first-order chi connectivity index (χ1) is 9.00. The van der Waals surface area contributed by atoms with Crippen molar-refractivity contribution in [2.24, 2.45) is 11.8 Å². The molecule has 0 aliphatic heterocycles. The van der Waals surface area contributed by atoms with Crippen molar-refractivity contribution in [2.75, 3.05) is 5.32 Å². The molecule has 2 atom stereocenters. The van der Waals surface area contributed by atoms with Crippen molar-refractivity contribution in [1.82, 2.24) is 0 Å². The standard InChI is InChI=1S/C14H16ClNO3/c1-8-4-2-7-11(15)12(8)16-13(17)9-5-3-6-10(9)14(18)19/h2,4,7,9-10H,3,5-6H2,1H3,(H,16,17)(H,18,19). The summed E-state index contributed by atoms with van der Waals surface area (Å²) >= 11 is 6.05. The van der Waals surface area contributed by atoms with Crippen molar-refractivity contribution in [3.8, 4) is 0 Å². The Kier molecular flexibility index (Phi) is 4.10. The van der Waals surface area contributed by atoms with Gasteiger partial charge in [-0.1, -0.05) is 30.2 Å². The number of carbonyl (C=O) groups excluding carboxylic acids is 1. The number of carbonyl (C=O) groups is 2. The molecule has 19 heavy (non-hydrogen) atoms. The van der Waals surface area contributed by atoms with Gasteiger partial charge in [-0.2, -0.15) is 0 Å². The van der Waals surface area contributed by atoms with E-state index in [2.05, 4.69) is 5.32 Å². The van der Waals surface area contributed by atoms with Gasteiger partial charge in [0.2, 0.25) is 5.91 Å². The average molecular weight is 282 g/mol. The molecule has 1 saturated carbocycles. The van der Waals surface area contributed by atoms with Gasteiger partial charge in [0.1, 0.15) is 0 Å². The topological polar surface area (TPSA) is 66.4 Å². The summed E-state index contributed by atoms with van der Waals surface area (Å²) < 4.78 is 0. The van der Waals surface area contributed by atoms with Crippen molar-refractivity contribution in [3.05, 3.63) is 28.8 Å². The maximum absolute atomic E-state index is 12.2. The summed E-state index contributed by atoms with van der Waals surface area (Å²) in [6.45, 7) is 1.85. The number of carboxylic acids is 1. The Labute approximate surface area is 116 Å². The maximum Gasteiger partial charge on any atom is 0.307 e. The third-order valence-electron chi connectivity index (χ3n) is 3.64. The van der Waals surface area contributed by atoms with Crippen LogP contribution in [-0.2, 0) is 9.59 Å². The number of aryl methyl sites for hydroxylation is 1. The fourth-order valence-electron chi connectivity index (χ4n) is 2.58. The lowest BCUT2D eigenvalue weighted by atomic mass is 9.95. The Morgan fingerprint density at radius 3 is 2.63 bits per heavy atom. The summed E-state index contributed by atoms with van der Waals surface area (Å²) in [5.74, 6) is -2.19. The SMILES string of the molecule is Cc1cccc(Cl)c1NC(=O)C1CCCC1C(=O)O. The highest BCUT2D eigenvalue weighted by molar-refractivity contribution is 6.34. The summed E-state index contributed by atoms with van der Waals surface area (Å²) in [7, 11) is 0. The van der Waals surface area contributed by atoms with E-state index in [-0.39, 0.29) is 5.91 Å². The number of rotatable bonds is 3. The number of carboxylic acid groups (broad SMARTS) is 1. The number of amides is 1. The number of benzene rings is 1. The Balaban J connectivity index is 2.15. The van der Waals surface area contributed by atoms with Crippen molar-refractivity contribution in [3.63, 3.8) is 0 Å². The number of para-hydroxylation sites is 1. The third-order valence-corrected chi connectivity index (χ3v) is 3.96. The second-order valence-corrected chi connectivity index (χ2v) is 5.31. The van der Waals surface area contributed by atoms with Gasteiger partial charge < -0.3 is 10.4 Å². The number of halogens is 1. The molecule has 0 aromatic heterocycles. The summed E-state index contributed by atoms with van der Waals surface area (Å²) in [5, 5.41) is 12.3. The lowest BCUT2D eigenvalue weighted by Gasteiger charge is -2.17. The minimum absolute atomic E-state index is 0.249. The number of nitrogens with one attached hydrogen (secondary N) is 1. The quantitative estimate of drug-likeness (QED) is 0.895. The molecular formula is C14H16ClNO3. The predicted octanol–water partition coefficient (Wildman–Crippen LogP) is 3.09. The van der Waals surface area contributed by atoms with Gasteiger partial charge in [0.05, 0.1) is 22.5 Å². The number of hydrogen-bond donors (Lipinski definition) is 2. The van der Waals surface area contributed by atoms with Gasteiger partial charge in [0, 0.05) is 0 Å². The Morgan fingerprint density at radius 2 is 2.00 bits per heavy atom. The van der Waals surface area contributed by atoms with Crippen LogP contribution in [0.4, 0.5) is 5.69 Å². The summed E-state index contributed by atoms with van der Waals surface area (Å²) in [6, 6.07) is 5.36. The first-order valence-electron chi connectivity index (χ1n) is 6.29. The molecule has 1 aromatic rings. The van der Waals surface area contributed by atoms with Gasteiger partial charge >= 0.3 is 5.97 Å². The van der Waals surface area contributed by atoms with E-state index in [1.807, 2.05) is 19.1 Å². The minimum Gasteiger partial charge on any atom is -0.481 e. The lowest BCUT2D eigenvalue weighted by Crippen LogP contribution is -2.30. The van der Waals surface area contributed by atoms with Crippen LogP contribution in [0.1, 0.15) is 24.8 Å². The van der Waals surface area contributed by atoms with E-state index in [1.54, 1.807) is 6.07 Å². The number of anilines is 1. The zero-order chi connectivity index (χ0) is 14.0. The molecule has 102 valence electrons. The van der Waals surface area contributed by atoms with Gasteiger partial charge in [-0.3, -0.25) is 9.59 Å². The molecule has 0 bridgehead atoms. The van der Waals surface area contributed by atoms with Gasteiger partial charge in [-0.25, -0.2) is 0 Å². The van der Waals surface area contributed by atoms with Gasteiger partial charge in [-0.15, -0.1) is 0 Å². The second-order valence-electron chi connectivity index (χ2n) is 4.90. The van der Waals surface area contributed by atoms with Crippen LogP contribution in [0.3, 0.4) is 0 Å². The summed E-state index contributed by atoms with van der Waals surface area (Å²) in [6.07, 6.45) is 1.96. The van der Waals surface area contributed by atoms with Crippen LogP contribution in [0.2, 0.25) is 5.02 Å². The van der Waals surface area contributed by atoms with Gasteiger partial charge in [-0.05, 0) is 31.4 Å². The Morgan fingerprint density at radius 1 is 1.32 bits per heavy atom. The van der Waals surface area contributed by atoms with Gasteiger partial charge in [0.25, 0.3) is 0 Å². The normalized spacial score (nSPS) is 22.2. The van der Waals surface area contributed by atoms with Crippen LogP contribution >= 0.6 is 11.6 Å². The Bertz CT molecular complexity index is 495. The van der Waals surface area contributed by atoms with Gasteiger partial charge in [0.15, 0.2) is 0 Å². The van der Waals surface area contributed by atoms with E-state index in [4.69, 9.17) is 16.7 Å². The van der Waals surface area contributed by atoms with Crippen molar-refractivity contribution < 1.29 is 14.7 Å². The fraction of sp³-hybridized carbons (Fsp3) is 0.429. The van der Waals surface area contributed by atoms with E-state index >= 15 is 0 Å². The molecule has 1 aliphatic carbocycles. The zero-order valence-electron chi connectivity index (χ0n) is 10.6. The lowest BCUT2D eigenvalue weighted by molar-refractivity contribution is -0.145. The third kappa shape index (κ3) is 2.89. The highest BCUT2D eigenvalue weighted by Gasteiger charge is 2.37. The average Bonchev–Trinajstić information content (AvgIpc) is 2.83. The van der Waals surface area contributed by atoms with Crippen LogP contribution in [0.15, 0.2) is 18.2 Å². The highest BCUT2D eigenvalue weighted by Crippen LogP contribution is 2.34. The molecule has 1 aliphatic rings. The molecule has 0 heterocycles. The van der Waals surface area contributed by atoms with Crippen LogP contribution in [0.25, 0.3) is 0 Å². The molecule has 2 N–H and O–H groups in total. The minimum atomic E-state index is -0.895. The smallest absolute Gasteiger partial charge is 0.307 e. The molecule has 0 saturated heterocycles. The molecule has 2 rings (SSSR count). The van der Waals surface area contributed by atoms with E-state index in [0.717, 1.165) is 12.0 Å². The highest BCUT2D eigenvalue weighted by atomic mass is 35.5. The second kappa shape index (κ2) is 5.61. The largest absolute Gasteiger partial charge is 0.481 e. The van der Waals surface area contributed by atoms with Crippen LogP contribution < -0.4 is 5.32 Å². The molecule has 4 nitrogen and oxygen atoms in total. The molecule has 1 amide bonds. The van der Waals surface area contributed by atoms with E-state index in [9.17, 15) is 9.59 Å². The monoisotopic (exact) mass is 281 g/mol. The van der Waals surface area contributed by atoms with Crippen molar-refractivity contribution >= 4 is 29.2 Å². The summed E-state index contributed by atoms with van der Waals surface area (Å²) in [5.41, 5.74) is 1.44. The fourth-order valence-corrected chi connectivity index (χ4v) is 2.84. The predicted molar refractivity (Wildman–Crippen MR) is 73.3 cm³/mol. The molecule has 1 fully saturated rings. The van der Waals surface area contributed by atoms with E-state index in [0.29, 0.717) is 23.6 Å².